The number of aromatic nitrogens is 1. The van der Waals surface area contributed by atoms with Crippen molar-refractivity contribution in [3.63, 3.8) is 0 Å². The molecule has 1 heterocycles. The first-order chi connectivity index (χ1) is 8.33. The summed E-state index contributed by atoms with van der Waals surface area (Å²) in [4.78, 5) is 4.67. The molecule has 2 rings (SSSR count). The van der Waals surface area contributed by atoms with E-state index < -0.39 is 0 Å². The predicted octanol–water partition coefficient (Wildman–Crippen LogP) is 3.61. The number of thiazole rings is 1. The van der Waals surface area contributed by atoms with E-state index in [1.54, 1.807) is 11.3 Å². The number of unbranched alkanes of at least 4 members (excludes halogenated alkanes) is 1. The largest absolute Gasteiger partial charge is 0.326 e. The lowest BCUT2D eigenvalue weighted by molar-refractivity contribution is 0.790. The van der Waals surface area contributed by atoms with Crippen LogP contribution in [0.5, 0.6) is 0 Å². The van der Waals surface area contributed by atoms with Crippen LogP contribution >= 0.6 is 11.3 Å². The Kier molecular flexibility index (Phi) is 4.29. The smallest absolute Gasteiger partial charge is 0.0932 e. The molecule has 0 saturated heterocycles. The van der Waals surface area contributed by atoms with Crippen LogP contribution < -0.4 is 5.73 Å². The van der Waals surface area contributed by atoms with Crippen LogP contribution in [0, 0.1) is 0 Å². The van der Waals surface area contributed by atoms with E-state index in [1.165, 1.54) is 23.4 Å². The first-order valence-corrected chi connectivity index (χ1v) is 6.95. The number of rotatable bonds is 5. The average molecular weight is 246 g/mol. The monoisotopic (exact) mass is 246 g/mol. The SMILES string of the molecule is CCCCc1nc(-c2cccc(CN)c2)cs1. The van der Waals surface area contributed by atoms with E-state index in [-0.39, 0.29) is 0 Å². The van der Waals surface area contributed by atoms with Gasteiger partial charge in [-0.15, -0.1) is 11.3 Å². The highest BCUT2D eigenvalue weighted by Gasteiger charge is 2.04. The molecule has 0 fully saturated rings. The molecule has 0 spiro atoms. The van der Waals surface area contributed by atoms with E-state index in [0.29, 0.717) is 6.54 Å². The number of nitrogens with zero attached hydrogens (tertiary/aromatic N) is 1. The molecule has 1 aromatic carbocycles. The van der Waals surface area contributed by atoms with E-state index in [9.17, 15) is 0 Å². The molecule has 3 heteroatoms. The summed E-state index contributed by atoms with van der Waals surface area (Å²) >= 11 is 1.76. The maximum absolute atomic E-state index is 5.65. The quantitative estimate of drug-likeness (QED) is 0.875. The normalized spacial score (nSPS) is 10.7. The Balaban J connectivity index is 2.18. The summed E-state index contributed by atoms with van der Waals surface area (Å²) < 4.78 is 0. The van der Waals surface area contributed by atoms with Crippen molar-refractivity contribution in [2.45, 2.75) is 32.7 Å². The number of hydrogen-bond donors (Lipinski definition) is 1. The Bertz CT molecular complexity index is 477. The van der Waals surface area contributed by atoms with Crippen LogP contribution in [0.15, 0.2) is 29.6 Å². The zero-order valence-corrected chi connectivity index (χ0v) is 11.0. The van der Waals surface area contributed by atoms with Gasteiger partial charge in [-0.1, -0.05) is 31.5 Å². The first kappa shape index (κ1) is 12.3. The van der Waals surface area contributed by atoms with E-state index in [2.05, 4.69) is 29.4 Å². The Morgan fingerprint density at radius 2 is 2.24 bits per heavy atom. The summed E-state index contributed by atoms with van der Waals surface area (Å²) in [6.07, 6.45) is 3.53. The summed E-state index contributed by atoms with van der Waals surface area (Å²) in [5, 5.41) is 3.38. The van der Waals surface area contributed by atoms with Gasteiger partial charge in [-0.2, -0.15) is 0 Å². The molecule has 2 N–H and O–H groups in total. The van der Waals surface area contributed by atoms with Crippen molar-refractivity contribution in [1.82, 2.24) is 4.98 Å². The Morgan fingerprint density at radius 3 is 3.00 bits per heavy atom. The molecule has 0 aliphatic carbocycles. The lowest BCUT2D eigenvalue weighted by Crippen LogP contribution is -1.95. The molecule has 17 heavy (non-hydrogen) atoms. The number of aryl methyl sites for hydroxylation is 1. The van der Waals surface area contributed by atoms with Gasteiger partial charge in [0.25, 0.3) is 0 Å². The van der Waals surface area contributed by atoms with E-state index in [0.717, 1.165) is 17.7 Å². The van der Waals surface area contributed by atoms with Gasteiger partial charge in [-0.3, -0.25) is 0 Å². The summed E-state index contributed by atoms with van der Waals surface area (Å²) in [5.74, 6) is 0. The van der Waals surface area contributed by atoms with Crippen molar-refractivity contribution in [3.05, 3.63) is 40.2 Å². The minimum atomic E-state index is 0.584. The van der Waals surface area contributed by atoms with Gasteiger partial charge in [0.05, 0.1) is 10.7 Å². The molecule has 0 aliphatic rings. The van der Waals surface area contributed by atoms with Gasteiger partial charge >= 0.3 is 0 Å². The zero-order chi connectivity index (χ0) is 12.1. The molecule has 0 atom stereocenters. The molecule has 90 valence electrons. The zero-order valence-electron chi connectivity index (χ0n) is 10.1. The van der Waals surface area contributed by atoms with Crippen molar-refractivity contribution in [2.24, 2.45) is 5.73 Å². The highest BCUT2D eigenvalue weighted by Crippen LogP contribution is 2.23. The van der Waals surface area contributed by atoms with Crippen LogP contribution in [0.1, 0.15) is 30.3 Å². The second-order valence-electron chi connectivity index (χ2n) is 4.13. The van der Waals surface area contributed by atoms with E-state index in [4.69, 9.17) is 5.73 Å². The van der Waals surface area contributed by atoms with Crippen LogP contribution in [0.2, 0.25) is 0 Å². The second kappa shape index (κ2) is 5.94. The fourth-order valence-electron chi connectivity index (χ4n) is 1.74. The maximum atomic E-state index is 5.65. The Hall–Kier alpha value is -1.19. The molecule has 0 radical (unpaired) electrons. The average Bonchev–Trinajstić information content (AvgIpc) is 2.85. The maximum Gasteiger partial charge on any atom is 0.0932 e. The van der Waals surface area contributed by atoms with Gasteiger partial charge < -0.3 is 5.73 Å². The third-order valence-corrected chi connectivity index (χ3v) is 3.66. The number of nitrogens with two attached hydrogens (primary N) is 1. The van der Waals surface area contributed by atoms with Crippen LogP contribution in [0.4, 0.5) is 0 Å². The van der Waals surface area contributed by atoms with E-state index in [1.807, 2.05) is 12.1 Å². The summed E-state index contributed by atoms with van der Waals surface area (Å²) in [7, 11) is 0. The van der Waals surface area contributed by atoms with Gasteiger partial charge in [0.15, 0.2) is 0 Å². The number of hydrogen-bond acceptors (Lipinski definition) is 3. The first-order valence-electron chi connectivity index (χ1n) is 6.07. The molecule has 0 amide bonds. The lowest BCUT2D eigenvalue weighted by Gasteiger charge is -2.00. The molecule has 2 nitrogen and oxygen atoms in total. The molecule has 0 bridgehead atoms. The van der Waals surface area contributed by atoms with Crippen LogP contribution in [-0.4, -0.2) is 4.98 Å². The van der Waals surface area contributed by atoms with Gasteiger partial charge in [-0.25, -0.2) is 4.98 Å². The van der Waals surface area contributed by atoms with Crippen molar-refractivity contribution in [3.8, 4) is 11.3 Å². The minimum absolute atomic E-state index is 0.584. The third kappa shape index (κ3) is 3.14. The fourth-order valence-corrected chi connectivity index (χ4v) is 2.59. The third-order valence-electron chi connectivity index (χ3n) is 2.75. The summed E-state index contributed by atoms with van der Waals surface area (Å²) in [6, 6.07) is 8.31. The molecule has 2 aromatic rings. The molecule has 0 saturated carbocycles. The molecular formula is C14H18N2S. The Morgan fingerprint density at radius 1 is 1.35 bits per heavy atom. The summed E-state index contributed by atoms with van der Waals surface area (Å²) in [6.45, 7) is 2.79. The van der Waals surface area contributed by atoms with Crippen molar-refractivity contribution in [2.75, 3.05) is 0 Å². The lowest BCUT2D eigenvalue weighted by atomic mass is 10.1. The predicted molar refractivity (Wildman–Crippen MR) is 74.1 cm³/mol. The highest BCUT2D eigenvalue weighted by atomic mass is 32.1. The van der Waals surface area contributed by atoms with Gasteiger partial charge in [0, 0.05) is 17.5 Å². The molecular weight excluding hydrogens is 228 g/mol. The van der Waals surface area contributed by atoms with Crippen LogP contribution in [-0.2, 0) is 13.0 Å². The molecule has 1 aromatic heterocycles. The number of benzene rings is 1. The van der Waals surface area contributed by atoms with Gasteiger partial charge in [0.1, 0.15) is 0 Å². The Labute approximate surface area is 107 Å². The molecule has 0 unspecified atom stereocenters. The molecule has 0 aliphatic heterocycles. The van der Waals surface area contributed by atoms with Crippen molar-refractivity contribution >= 4 is 11.3 Å². The summed E-state index contributed by atoms with van der Waals surface area (Å²) in [5.41, 5.74) is 9.06. The van der Waals surface area contributed by atoms with Crippen LogP contribution in [0.3, 0.4) is 0 Å². The fraction of sp³-hybridized carbons (Fsp3) is 0.357. The van der Waals surface area contributed by atoms with E-state index >= 15 is 0 Å². The highest BCUT2D eigenvalue weighted by molar-refractivity contribution is 7.09. The van der Waals surface area contributed by atoms with Crippen LogP contribution in [0.25, 0.3) is 11.3 Å². The second-order valence-corrected chi connectivity index (χ2v) is 5.08. The van der Waals surface area contributed by atoms with Crippen molar-refractivity contribution in [1.29, 1.82) is 0 Å². The minimum Gasteiger partial charge on any atom is -0.326 e. The van der Waals surface area contributed by atoms with Gasteiger partial charge in [-0.05, 0) is 24.5 Å². The van der Waals surface area contributed by atoms with Gasteiger partial charge in [0.2, 0.25) is 0 Å². The van der Waals surface area contributed by atoms with Crippen molar-refractivity contribution < 1.29 is 0 Å². The standard InChI is InChI=1S/C14H18N2S/c1-2-3-7-14-16-13(10-17-14)12-6-4-5-11(8-12)9-15/h4-6,8,10H,2-3,7,9,15H2,1H3. The topological polar surface area (TPSA) is 38.9 Å².